The van der Waals surface area contributed by atoms with Gasteiger partial charge in [-0.15, -0.1) is 11.3 Å². The normalized spacial score (nSPS) is 18.2. The fraction of sp³-hybridized carbons (Fsp3) is 0.419. The zero-order valence-electron chi connectivity index (χ0n) is 24.1. The van der Waals surface area contributed by atoms with Crippen molar-refractivity contribution in [3.05, 3.63) is 66.0 Å². The van der Waals surface area contributed by atoms with Crippen LogP contribution in [-0.4, -0.2) is 33.9 Å². The summed E-state index contributed by atoms with van der Waals surface area (Å²) >= 11 is 1.36. The van der Waals surface area contributed by atoms with Crippen molar-refractivity contribution < 1.29 is 18.6 Å². The Labute approximate surface area is 244 Å². The van der Waals surface area contributed by atoms with Crippen LogP contribution in [0.2, 0.25) is 0 Å². The van der Waals surface area contributed by atoms with Gasteiger partial charge in [0.15, 0.2) is 12.2 Å². The average Bonchev–Trinajstić information content (AvgIpc) is 3.71. The molecule has 1 atom stereocenters. The van der Waals surface area contributed by atoms with Crippen LogP contribution in [0.1, 0.15) is 74.7 Å². The highest BCUT2D eigenvalue weighted by Crippen LogP contribution is 2.30. The van der Waals surface area contributed by atoms with Crippen molar-refractivity contribution in [1.82, 2.24) is 20.6 Å². The molecule has 2 amide bonds. The van der Waals surface area contributed by atoms with Gasteiger partial charge in [-0.1, -0.05) is 33.4 Å². The van der Waals surface area contributed by atoms with Crippen molar-refractivity contribution in [3.8, 4) is 10.6 Å². The highest BCUT2D eigenvalue weighted by atomic mass is 32.1. The number of aromatic amines is 1. The first kappa shape index (κ1) is 28.8. The van der Waals surface area contributed by atoms with E-state index in [1.54, 1.807) is 12.3 Å². The number of rotatable bonds is 9. The van der Waals surface area contributed by atoms with Crippen molar-refractivity contribution in [2.45, 2.75) is 78.0 Å². The number of nitrogens with one attached hydrogen (secondary N) is 4. The Hall–Kier alpha value is -3.76. The van der Waals surface area contributed by atoms with E-state index in [9.17, 15) is 9.59 Å². The Balaban J connectivity index is 1.40. The summed E-state index contributed by atoms with van der Waals surface area (Å²) in [6.45, 7) is 13.2. The van der Waals surface area contributed by atoms with Crippen LogP contribution in [0.15, 0.2) is 60.0 Å². The Morgan fingerprint density at radius 2 is 2.00 bits per heavy atom. The lowest BCUT2D eigenvalue weighted by molar-refractivity contribution is -0.687. The van der Waals surface area contributed by atoms with Crippen LogP contribution in [0.4, 0.5) is 5.95 Å². The molecule has 0 bridgehead atoms. The lowest BCUT2D eigenvalue weighted by Crippen LogP contribution is -2.46. The third-order valence-electron chi connectivity index (χ3n) is 8.06. The van der Waals surface area contributed by atoms with E-state index in [0.717, 1.165) is 48.1 Å². The molecular weight excluding hydrogens is 536 g/mol. The molecule has 0 spiro atoms. The number of nitrogens with zero attached hydrogens (tertiary/aromatic N) is 2. The minimum atomic E-state index is -0.186. The van der Waals surface area contributed by atoms with E-state index in [2.05, 4.69) is 83.0 Å². The molecule has 4 N–H and O–H groups in total. The van der Waals surface area contributed by atoms with Crippen LogP contribution in [0, 0.1) is 5.41 Å². The first-order valence-corrected chi connectivity index (χ1v) is 15.0. The minimum Gasteiger partial charge on any atom is -0.443 e. The molecule has 9 nitrogen and oxygen atoms in total. The number of carbonyl (C=O) groups is 2. The number of oxazole rings is 1. The summed E-state index contributed by atoms with van der Waals surface area (Å²) in [4.78, 5) is 34.1. The summed E-state index contributed by atoms with van der Waals surface area (Å²) < 4.78 is 7.61. The topological polar surface area (TPSA) is 116 Å². The predicted octanol–water partition coefficient (Wildman–Crippen LogP) is 5.73. The Morgan fingerprint density at radius 3 is 2.68 bits per heavy atom. The molecule has 0 unspecified atom stereocenters. The van der Waals surface area contributed by atoms with Gasteiger partial charge in [0, 0.05) is 18.6 Å². The number of hydrogen-bond donors (Lipinski definition) is 4. The summed E-state index contributed by atoms with van der Waals surface area (Å²) in [6.07, 6.45) is 7.81. The van der Waals surface area contributed by atoms with Gasteiger partial charge in [0.1, 0.15) is 15.9 Å². The molecule has 10 heteroatoms. The maximum absolute atomic E-state index is 13.4. The number of amides is 2. The van der Waals surface area contributed by atoms with E-state index in [4.69, 9.17) is 4.42 Å². The van der Waals surface area contributed by atoms with Gasteiger partial charge in [0.2, 0.25) is 5.91 Å². The molecule has 0 radical (unpaired) electrons. The Kier molecular flexibility index (Phi) is 8.42. The van der Waals surface area contributed by atoms with Gasteiger partial charge in [0.05, 0.1) is 17.1 Å². The standard InChI is InChI=1S/C31H38N6O3S/c1-6-28(38)34-21-8-10-22(11-9-21)37-24-12-7-20(16-33-19(2)31(3,4)5)15-23(24)35-30(37)36-29(39)27-14-13-26(41-27)25-17-32-18-40-25/h6-7,12-15,17-19,21-22,33H,1,8-11,16H2,2-5H3,(H2,34,35,36,38,39)/p+1/t19-,21?,22?/m0/s1. The molecule has 1 aromatic carbocycles. The molecule has 41 heavy (non-hydrogen) atoms. The second kappa shape index (κ2) is 12.0. The largest absolute Gasteiger partial charge is 0.443 e. The molecule has 216 valence electrons. The van der Waals surface area contributed by atoms with Crippen molar-refractivity contribution in [3.63, 3.8) is 0 Å². The second-order valence-electron chi connectivity index (χ2n) is 11.9. The first-order chi connectivity index (χ1) is 19.6. The van der Waals surface area contributed by atoms with Crippen molar-refractivity contribution in [1.29, 1.82) is 0 Å². The number of thiophene rings is 1. The number of imidazole rings is 1. The zero-order chi connectivity index (χ0) is 29.1. The predicted molar refractivity (Wildman–Crippen MR) is 162 cm³/mol. The van der Waals surface area contributed by atoms with E-state index in [-0.39, 0.29) is 29.3 Å². The molecule has 0 saturated heterocycles. The third kappa shape index (κ3) is 6.60. The molecular formula is C31H39N6O3S+. The second-order valence-corrected chi connectivity index (χ2v) is 12.9. The molecule has 4 aromatic rings. The maximum Gasteiger partial charge on any atom is 0.363 e. The van der Waals surface area contributed by atoms with Crippen LogP contribution < -0.4 is 20.5 Å². The van der Waals surface area contributed by atoms with Gasteiger partial charge in [-0.25, -0.2) is 24.6 Å². The lowest BCUT2D eigenvalue weighted by atomic mass is 9.88. The van der Waals surface area contributed by atoms with Gasteiger partial charge in [-0.05, 0) is 73.9 Å². The number of hydrogen-bond acceptors (Lipinski definition) is 6. The number of anilines is 1. The van der Waals surface area contributed by atoms with E-state index < -0.39 is 0 Å². The minimum absolute atomic E-state index is 0.128. The summed E-state index contributed by atoms with van der Waals surface area (Å²) in [5.74, 6) is 0.973. The molecule has 1 aliphatic carbocycles. The van der Waals surface area contributed by atoms with Crippen LogP contribution in [0.25, 0.3) is 21.7 Å². The van der Waals surface area contributed by atoms with Gasteiger partial charge in [-0.2, -0.15) is 0 Å². The van der Waals surface area contributed by atoms with Crippen LogP contribution in [0.3, 0.4) is 0 Å². The highest BCUT2D eigenvalue weighted by molar-refractivity contribution is 7.17. The summed E-state index contributed by atoms with van der Waals surface area (Å²) in [6, 6.07) is 10.8. The van der Waals surface area contributed by atoms with Gasteiger partial charge < -0.3 is 15.1 Å². The fourth-order valence-electron chi connectivity index (χ4n) is 5.20. The third-order valence-corrected chi connectivity index (χ3v) is 9.15. The fourth-order valence-corrected chi connectivity index (χ4v) is 6.05. The first-order valence-electron chi connectivity index (χ1n) is 14.1. The van der Waals surface area contributed by atoms with Gasteiger partial charge >= 0.3 is 11.9 Å². The summed E-state index contributed by atoms with van der Waals surface area (Å²) in [5, 5.41) is 9.82. The summed E-state index contributed by atoms with van der Waals surface area (Å²) in [5.41, 5.74) is 3.35. The number of aromatic nitrogens is 3. The van der Waals surface area contributed by atoms with E-state index in [0.29, 0.717) is 22.6 Å². The van der Waals surface area contributed by atoms with Crippen LogP contribution in [-0.2, 0) is 11.3 Å². The maximum atomic E-state index is 13.4. The van der Waals surface area contributed by atoms with Crippen molar-refractivity contribution in [2.75, 3.05) is 5.32 Å². The number of H-pyrrole nitrogens is 1. The molecule has 5 rings (SSSR count). The Bertz CT molecular complexity index is 1520. The zero-order valence-corrected chi connectivity index (χ0v) is 24.9. The average molecular weight is 576 g/mol. The number of carbonyl (C=O) groups excluding carboxylic acids is 2. The van der Waals surface area contributed by atoms with Crippen molar-refractivity contribution in [2.24, 2.45) is 5.41 Å². The smallest absolute Gasteiger partial charge is 0.363 e. The molecule has 1 saturated carbocycles. The monoisotopic (exact) mass is 575 g/mol. The quantitative estimate of drug-likeness (QED) is 0.150. The van der Waals surface area contributed by atoms with E-state index >= 15 is 0 Å². The molecule has 0 aliphatic heterocycles. The molecule has 1 aliphatic rings. The van der Waals surface area contributed by atoms with E-state index in [1.807, 2.05) is 6.07 Å². The molecule has 3 heterocycles. The number of fused-ring (bicyclic) bond motifs is 1. The van der Waals surface area contributed by atoms with Gasteiger partial charge in [0.25, 0.3) is 0 Å². The van der Waals surface area contributed by atoms with Crippen LogP contribution in [0.5, 0.6) is 0 Å². The van der Waals surface area contributed by atoms with Gasteiger partial charge in [-0.3, -0.25) is 4.79 Å². The highest BCUT2D eigenvalue weighted by Gasteiger charge is 2.32. The van der Waals surface area contributed by atoms with Crippen LogP contribution >= 0.6 is 11.3 Å². The number of benzene rings is 1. The SMILES string of the molecule is C=CC(=O)NC1CCC([n+]2c(NC(=O)c3ccc(-c4cnco4)s3)[nH]c3cc(CN[C@@H](C)C(C)(C)C)ccc32)CC1. The lowest BCUT2D eigenvalue weighted by Gasteiger charge is -2.28. The Morgan fingerprint density at radius 1 is 1.22 bits per heavy atom. The van der Waals surface area contributed by atoms with E-state index in [1.165, 1.54) is 29.4 Å². The molecule has 1 fully saturated rings. The molecule has 3 aromatic heterocycles. The van der Waals surface area contributed by atoms with Crippen molar-refractivity contribution >= 4 is 40.1 Å². The summed E-state index contributed by atoms with van der Waals surface area (Å²) in [7, 11) is 0.